The van der Waals surface area contributed by atoms with E-state index in [0.717, 1.165) is 17.0 Å². The van der Waals surface area contributed by atoms with Crippen LogP contribution in [0.15, 0.2) is 48.0 Å². The second kappa shape index (κ2) is 6.27. The van der Waals surface area contributed by atoms with Crippen LogP contribution >= 0.6 is 0 Å². The van der Waals surface area contributed by atoms with Crippen molar-refractivity contribution in [3.05, 3.63) is 59.8 Å². The molecule has 0 unspecified atom stereocenters. The lowest BCUT2D eigenvalue weighted by atomic mass is 10.2. The van der Waals surface area contributed by atoms with E-state index in [1.807, 2.05) is 38.1 Å². The van der Waals surface area contributed by atoms with Crippen LogP contribution in [0.4, 0.5) is 5.95 Å². The van der Waals surface area contributed by atoms with Gasteiger partial charge in [0.15, 0.2) is 0 Å². The molecule has 2 heterocycles. The molecule has 0 radical (unpaired) electrons. The second-order valence-electron chi connectivity index (χ2n) is 5.00. The first-order chi connectivity index (χ1) is 11.1. The Labute approximate surface area is 133 Å². The van der Waals surface area contributed by atoms with Gasteiger partial charge < -0.3 is 10.5 Å². The Bertz CT molecular complexity index is 855. The van der Waals surface area contributed by atoms with Gasteiger partial charge in [-0.25, -0.2) is 14.6 Å². The van der Waals surface area contributed by atoms with Crippen LogP contribution in [0.2, 0.25) is 0 Å². The molecule has 0 fully saturated rings. The van der Waals surface area contributed by atoms with Gasteiger partial charge in [-0.2, -0.15) is 5.10 Å². The molecule has 1 aromatic carbocycles. The molecule has 2 aromatic heterocycles. The number of aryl methyl sites for hydroxylation is 2. The number of hydrogen-bond acceptors (Lipinski definition) is 6. The van der Waals surface area contributed by atoms with E-state index < -0.39 is 0 Å². The molecule has 0 aliphatic rings. The summed E-state index contributed by atoms with van der Waals surface area (Å²) >= 11 is 0. The zero-order chi connectivity index (χ0) is 16.2. The normalized spacial score (nSPS) is 11.0. The van der Waals surface area contributed by atoms with E-state index in [-0.39, 0.29) is 0 Å². The first kappa shape index (κ1) is 14.7. The maximum Gasteiger partial charge on any atom is 0.238 e. The van der Waals surface area contributed by atoms with Gasteiger partial charge in [0.25, 0.3) is 0 Å². The Kier molecular flexibility index (Phi) is 4.01. The fourth-order valence-corrected chi connectivity index (χ4v) is 1.99. The van der Waals surface area contributed by atoms with Crippen LogP contribution in [0.3, 0.4) is 0 Å². The Hall–Kier alpha value is -3.22. The van der Waals surface area contributed by atoms with Crippen LogP contribution in [-0.4, -0.2) is 25.8 Å². The van der Waals surface area contributed by atoms with Crippen molar-refractivity contribution in [1.82, 2.24) is 19.6 Å². The van der Waals surface area contributed by atoms with Gasteiger partial charge in [0.2, 0.25) is 11.8 Å². The van der Waals surface area contributed by atoms with Gasteiger partial charge >= 0.3 is 0 Å². The molecular formula is C16H16N6O. The minimum Gasteiger partial charge on any atom is -0.437 e. The lowest BCUT2D eigenvalue weighted by Crippen LogP contribution is -1.97. The molecule has 116 valence electrons. The third-order valence-electron chi connectivity index (χ3n) is 2.98. The Morgan fingerprint density at radius 2 is 2.04 bits per heavy atom. The van der Waals surface area contributed by atoms with Crippen molar-refractivity contribution in [3.63, 3.8) is 0 Å². The number of nitrogens with zero attached hydrogens (tertiary/aromatic N) is 5. The summed E-state index contributed by atoms with van der Waals surface area (Å²) in [5, 5.41) is 4.28. The number of anilines is 1. The van der Waals surface area contributed by atoms with Gasteiger partial charge in [0, 0.05) is 6.20 Å². The van der Waals surface area contributed by atoms with E-state index in [1.165, 1.54) is 4.68 Å². The van der Waals surface area contributed by atoms with Crippen LogP contribution < -0.4 is 10.5 Å². The Morgan fingerprint density at radius 1 is 1.17 bits per heavy atom. The maximum absolute atomic E-state index is 5.75. The number of hydrogen-bond donors (Lipinski definition) is 1. The molecule has 3 rings (SSSR count). The van der Waals surface area contributed by atoms with E-state index in [1.54, 1.807) is 24.8 Å². The highest BCUT2D eigenvalue weighted by atomic mass is 16.5. The molecule has 0 aliphatic carbocycles. The SMILES string of the molecule is Cc1cncc(Oc2cccc(C=Nn3cc(C)nc3N)c2)n1. The van der Waals surface area contributed by atoms with Crippen molar-refractivity contribution >= 4 is 12.2 Å². The van der Waals surface area contributed by atoms with Gasteiger partial charge in [-0.05, 0) is 31.5 Å². The van der Waals surface area contributed by atoms with Crippen LogP contribution in [-0.2, 0) is 0 Å². The van der Waals surface area contributed by atoms with Crippen molar-refractivity contribution in [1.29, 1.82) is 0 Å². The van der Waals surface area contributed by atoms with E-state index >= 15 is 0 Å². The number of ether oxygens (including phenoxy) is 1. The Morgan fingerprint density at radius 3 is 2.78 bits per heavy atom. The lowest BCUT2D eigenvalue weighted by Gasteiger charge is -2.05. The summed E-state index contributed by atoms with van der Waals surface area (Å²) in [6.45, 7) is 3.72. The predicted molar refractivity (Wildman–Crippen MR) is 87.7 cm³/mol. The molecule has 0 aliphatic heterocycles. The zero-order valence-electron chi connectivity index (χ0n) is 12.8. The number of nitrogens with two attached hydrogens (primary N) is 1. The highest BCUT2D eigenvalue weighted by Crippen LogP contribution is 2.19. The fraction of sp³-hybridized carbons (Fsp3) is 0.125. The van der Waals surface area contributed by atoms with Gasteiger partial charge in [-0.1, -0.05) is 12.1 Å². The molecule has 0 atom stereocenters. The largest absolute Gasteiger partial charge is 0.437 e. The van der Waals surface area contributed by atoms with Crippen LogP contribution in [0.5, 0.6) is 11.6 Å². The smallest absolute Gasteiger partial charge is 0.238 e. The van der Waals surface area contributed by atoms with E-state index in [9.17, 15) is 0 Å². The van der Waals surface area contributed by atoms with Gasteiger partial charge in [0.1, 0.15) is 5.75 Å². The maximum atomic E-state index is 5.75. The van der Waals surface area contributed by atoms with Crippen LogP contribution in [0.1, 0.15) is 17.0 Å². The minimum absolute atomic E-state index is 0.348. The standard InChI is InChI=1S/C16H16N6O/c1-11-7-18-9-15(20-11)23-14-5-3-4-13(6-14)8-19-22-10-12(2)21-16(22)17/h3-10H,1-2H3,(H2,17,21). The molecule has 0 amide bonds. The molecule has 0 spiro atoms. The van der Waals surface area contributed by atoms with Crippen molar-refractivity contribution in [2.24, 2.45) is 5.10 Å². The quantitative estimate of drug-likeness (QED) is 0.748. The van der Waals surface area contributed by atoms with Gasteiger partial charge in [-0.15, -0.1) is 0 Å². The lowest BCUT2D eigenvalue weighted by molar-refractivity contribution is 0.458. The molecular weight excluding hydrogens is 292 g/mol. The molecule has 0 saturated heterocycles. The van der Waals surface area contributed by atoms with E-state index in [4.69, 9.17) is 10.5 Å². The number of aromatic nitrogens is 4. The third-order valence-corrected chi connectivity index (χ3v) is 2.98. The van der Waals surface area contributed by atoms with E-state index in [0.29, 0.717) is 17.6 Å². The fourth-order valence-electron chi connectivity index (χ4n) is 1.99. The summed E-state index contributed by atoms with van der Waals surface area (Å²) in [6, 6.07) is 7.49. The number of rotatable bonds is 4. The number of imidazole rings is 1. The number of nitrogen functional groups attached to an aromatic ring is 1. The van der Waals surface area contributed by atoms with Gasteiger partial charge in [-0.3, -0.25) is 4.98 Å². The third kappa shape index (κ3) is 3.70. The van der Waals surface area contributed by atoms with Crippen molar-refractivity contribution in [3.8, 4) is 11.6 Å². The summed E-state index contributed by atoms with van der Waals surface area (Å²) < 4.78 is 7.22. The predicted octanol–water partition coefficient (Wildman–Crippen LogP) is 2.55. The highest BCUT2D eigenvalue weighted by molar-refractivity contribution is 5.80. The molecule has 7 heteroatoms. The van der Waals surface area contributed by atoms with Gasteiger partial charge in [0.05, 0.1) is 30.0 Å². The first-order valence-electron chi connectivity index (χ1n) is 7.02. The average molecular weight is 308 g/mol. The summed E-state index contributed by atoms with van der Waals surface area (Å²) in [5.41, 5.74) is 8.23. The summed E-state index contributed by atoms with van der Waals surface area (Å²) in [7, 11) is 0. The molecule has 0 bridgehead atoms. The van der Waals surface area contributed by atoms with Crippen molar-refractivity contribution in [2.45, 2.75) is 13.8 Å². The average Bonchev–Trinajstić information content (AvgIpc) is 2.83. The minimum atomic E-state index is 0.348. The summed E-state index contributed by atoms with van der Waals surface area (Å²) in [4.78, 5) is 12.4. The van der Waals surface area contributed by atoms with Crippen molar-refractivity contribution in [2.75, 3.05) is 5.73 Å². The zero-order valence-corrected chi connectivity index (χ0v) is 12.8. The Balaban J connectivity index is 1.78. The summed E-state index contributed by atoms with van der Waals surface area (Å²) in [6.07, 6.45) is 6.69. The topological polar surface area (TPSA) is 91.2 Å². The molecule has 0 saturated carbocycles. The second-order valence-corrected chi connectivity index (χ2v) is 5.00. The number of benzene rings is 1. The molecule has 7 nitrogen and oxygen atoms in total. The molecule has 3 aromatic rings. The molecule has 2 N–H and O–H groups in total. The first-order valence-corrected chi connectivity index (χ1v) is 7.02. The van der Waals surface area contributed by atoms with Crippen LogP contribution in [0.25, 0.3) is 0 Å². The highest BCUT2D eigenvalue weighted by Gasteiger charge is 2.01. The van der Waals surface area contributed by atoms with E-state index in [2.05, 4.69) is 20.1 Å². The van der Waals surface area contributed by atoms with Crippen molar-refractivity contribution < 1.29 is 4.74 Å². The van der Waals surface area contributed by atoms with Crippen LogP contribution in [0, 0.1) is 13.8 Å². The molecule has 23 heavy (non-hydrogen) atoms. The summed E-state index contributed by atoms with van der Waals surface area (Å²) in [5.74, 6) is 1.46. The monoisotopic (exact) mass is 308 g/mol.